The van der Waals surface area contributed by atoms with Crippen LogP contribution >= 0.6 is 11.6 Å². The van der Waals surface area contributed by atoms with E-state index < -0.39 is 0 Å². The Hall–Kier alpha value is -1.90. The summed E-state index contributed by atoms with van der Waals surface area (Å²) in [6, 6.07) is 8.15. The van der Waals surface area contributed by atoms with Crippen LogP contribution in [0.5, 0.6) is 5.75 Å². The van der Waals surface area contributed by atoms with Crippen molar-refractivity contribution in [2.75, 3.05) is 12.5 Å². The zero-order valence-electron chi connectivity index (χ0n) is 15.2. The number of allylic oxidation sites excluding steroid dienone is 2. The zero-order chi connectivity index (χ0) is 18.8. The van der Waals surface area contributed by atoms with Crippen molar-refractivity contribution in [1.29, 1.82) is 0 Å². The van der Waals surface area contributed by atoms with Gasteiger partial charge in [0.15, 0.2) is 0 Å². The Morgan fingerprint density at radius 2 is 2.26 bits per heavy atom. The van der Waals surface area contributed by atoms with Gasteiger partial charge in [-0.1, -0.05) is 0 Å². The van der Waals surface area contributed by atoms with Gasteiger partial charge in [0.1, 0.15) is 0 Å². The van der Waals surface area contributed by atoms with Gasteiger partial charge in [0.05, 0.1) is 0 Å². The number of ether oxygens (including phenoxy) is 1. The summed E-state index contributed by atoms with van der Waals surface area (Å²) >= 11 is 8.27. The summed E-state index contributed by atoms with van der Waals surface area (Å²) < 4.78 is 7.82. The van der Waals surface area contributed by atoms with E-state index in [2.05, 4.69) is 56.0 Å². The molecule has 3 aromatic rings. The van der Waals surface area contributed by atoms with Crippen LogP contribution in [0.1, 0.15) is 24.7 Å². The fourth-order valence-corrected chi connectivity index (χ4v) is 4.33. The van der Waals surface area contributed by atoms with Gasteiger partial charge in [-0.25, -0.2) is 0 Å². The summed E-state index contributed by atoms with van der Waals surface area (Å²) in [6.45, 7) is 3.53. The molecule has 0 aliphatic carbocycles. The molecule has 27 heavy (non-hydrogen) atoms. The number of hydrogen-bond donors (Lipinski definition) is 0. The second kappa shape index (κ2) is 8.00. The second-order valence-electron chi connectivity index (χ2n) is 6.45. The van der Waals surface area contributed by atoms with Gasteiger partial charge in [0.25, 0.3) is 0 Å². The monoisotopic (exact) mass is 440 g/mol. The fraction of sp³-hybridized carbons (Fsp3) is 0.286. The Labute approximate surface area is 172 Å². The molecular weight excluding hydrogens is 421 g/mol. The number of hydrogen-bond acceptors (Lipinski definition) is 3. The first-order chi connectivity index (χ1) is 13.3. The first-order valence-electron chi connectivity index (χ1n) is 9.08. The topological polar surface area (TPSA) is 39.9 Å². The van der Waals surface area contributed by atoms with Gasteiger partial charge in [0, 0.05) is 0 Å². The van der Waals surface area contributed by atoms with Crippen LogP contribution in [0.3, 0.4) is 0 Å². The molecule has 1 aliphatic heterocycles. The van der Waals surface area contributed by atoms with E-state index in [1.54, 1.807) is 0 Å². The molecule has 0 amide bonds. The third kappa shape index (κ3) is 3.37. The molecule has 0 saturated carbocycles. The van der Waals surface area contributed by atoms with Crippen molar-refractivity contribution in [3.63, 3.8) is 0 Å². The normalized spacial score (nSPS) is 13.8. The van der Waals surface area contributed by atoms with Gasteiger partial charge in [0.2, 0.25) is 0 Å². The van der Waals surface area contributed by atoms with E-state index in [1.807, 2.05) is 18.3 Å². The molecule has 1 aliphatic rings. The fourth-order valence-electron chi connectivity index (χ4n) is 3.68. The van der Waals surface area contributed by atoms with Crippen LogP contribution in [-0.2, 0) is 13.0 Å². The van der Waals surface area contributed by atoms with Crippen molar-refractivity contribution in [2.24, 2.45) is 0 Å². The Bertz CT molecular complexity index is 1040. The Balaban J connectivity index is 1.91. The number of aromatic nitrogens is 3. The van der Waals surface area contributed by atoms with Crippen molar-refractivity contribution in [3.8, 4) is 16.9 Å². The molecule has 0 N–H and O–H groups in total. The summed E-state index contributed by atoms with van der Waals surface area (Å²) in [7, 11) is 0. The molecule has 1 aromatic carbocycles. The minimum atomic E-state index is 0.468. The molecule has 4 nitrogen and oxygen atoms in total. The molecular formula is C21H20AsClN3O. The van der Waals surface area contributed by atoms with Gasteiger partial charge in [-0.05, 0) is 0 Å². The number of aryl methyl sites for hydroxylation is 1. The number of rotatable bonds is 6. The maximum atomic E-state index is 5.73. The predicted molar refractivity (Wildman–Crippen MR) is 113 cm³/mol. The van der Waals surface area contributed by atoms with Crippen molar-refractivity contribution >= 4 is 49.3 Å². The Morgan fingerprint density at radius 1 is 1.37 bits per heavy atom. The summed E-state index contributed by atoms with van der Waals surface area (Å²) in [6.07, 6.45) is 6.18. The van der Waals surface area contributed by atoms with E-state index in [0.29, 0.717) is 12.5 Å². The number of alkyl halides is 1. The summed E-state index contributed by atoms with van der Waals surface area (Å²) in [4.78, 5) is 6.63. The molecule has 6 heteroatoms. The number of fused-ring (bicyclic) bond motifs is 2. The van der Waals surface area contributed by atoms with E-state index in [-0.39, 0.29) is 0 Å². The molecule has 3 heterocycles. The third-order valence-electron chi connectivity index (χ3n) is 4.89. The molecule has 0 unspecified atom stereocenters. The first kappa shape index (κ1) is 18.5. The van der Waals surface area contributed by atoms with Crippen LogP contribution in [0.2, 0.25) is 0 Å². The number of nitrogens with zero attached hydrogens (tertiary/aromatic N) is 3. The number of halogens is 1. The van der Waals surface area contributed by atoms with Crippen LogP contribution < -0.4 is 4.74 Å². The molecule has 0 spiro atoms. The molecule has 0 atom stereocenters. The van der Waals surface area contributed by atoms with Crippen molar-refractivity contribution in [1.82, 2.24) is 14.8 Å². The summed E-state index contributed by atoms with van der Waals surface area (Å²) in [5.41, 5.74) is 6.82. The van der Waals surface area contributed by atoms with Crippen LogP contribution in [0.25, 0.3) is 27.6 Å². The average molecular weight is 441 g/mol. The predicted octanol–water partition coefficient (Wildman–Crippen LogP) is 4.04. The van der Waals surface area contributed by atoms with Crippen LogP contribution in [0, 0.1) is 0 Å². The van der Waals surface area contributed by atoms with Crippen LogP contribution in [0.15, 0.2) is 36.5 Å². The summed E-state index contributed by atoms with van der Waals surface area (Å²) in [5, 5.41) is 6.03. The number of benzene rings is 1. The van der Waals surface area contributed by atoms with Gasteiger partial charge < -0.3 is 0 Å². The molecule has 4 rings (SSSR count). The molecule has 0 bridgehead atoms. The summed E-state index contributed by atoms with van der Waals surface area (Å²) in [5.74, 6) is 1.26. The first-order valence-corrected chi connectivity index (χ1v) is 10.7. The molecule has 137 valence electrons. The second-order valence-corrected chi connectivity index (χ2v) is 7.36. The standard InChI is InChI=1S/C21H20AsClN3O/c1-2-14(13-22)21-20(19-4-3-10-26(19)25-21)17-7-9-24-18-12-15(27-11-8-23)5-6-16(17)18/h2,5-7,9,12-13H,3-4,8,10-11H2,1H3. The van der Waals surface area contributed by atoms with Crippen LogP contribution in [-0.4, -0.2) is 48.5 Å². The van der Waals surface area contributed by atoms with E-state index in [1.165, 1.54) is 16.8 Å². The Morgan fingerprint density at radius 3 is 3.04 bits per heavy atom. The van der Waals surface area contributed by atoms with Gasteiger partial charge in [-0.3, -0.25) is 0 Å². The molecule has 0 fully saturated rings. The van der Waals surface area contributed by atoms with Crippen molar-refractivity contribution < 1.29 is 4.74 Å². The van der Waals surface area contributed by atoms with Gasteiger partial charge in [-0.15, -0.1) is 11.6 Å². The third-order valence-corrected chi connectivity index (χ3v) is 5.63. The zero-order valence-corrected chi connectivity index (χ0v) is 17.8. The Kier molecular flexibility index (Phi) is 5.47. The van der Waals surface area contributed by atoms with Crippen molar-refractivity contribution in [3.05, 3.63) is 47.9 Å². The minimum absolute atomic E-state index is 0.468. The quantitative estimate of drug-likeness (QED) is 0.429. The van der Waals surface area contributed by atoms with Crippen LogP contribution in [0.4, 0.5) is 0 Å². The van der Waals surface area contributed by atoms with E-state index in [0.717, 1.165) is 47.3 Å². The average Bonchev–Trinajstić information content (AvgIpc) is 3.28. The molecule has 1 radical (unpaired) electrons. The van der Waals surface area contributed by atoms with E-state index >= 15 is 0 Å². The SMILES string of the molecule is CC=C(C=[As])c1nn2c(c1-c1ccnc3cc(OCCCl)ccc13)CCC2. The van der Waals surface area contributed by atoms with E-state index in [4.69, 9.17) is 21.4 Å². The molecule has 0 saturated heterocycles. The molecule has 2 aromatic heterocycles. The van der Waals surface area contributed by atoms with Gasteiger partial charge in [-0.2, -0.15) is 0 Å². The van der Waals surface area contributed by atoms with E-state index in [9.17, 15) is 0 Å². The van der Waals surface area contributed by atoms with Crippen molar-refractivity contribution in [2.45, 2.75) is 26.3 Å². The number of pyridine rings is 1. The maximum absolute atomic E-state index is 5.73. The van der Waals surface area contributed by atoms with Gasteiger partial charge >= 0.3 is 161 Å².